The molecule has 0 aromatic heterocycles. The number of likely N-dealkylation sites (tertiary alicyclic amines) is 1. The molecule has 1 rings (SSSR count). The Balaban J connectivity index is 2.49. The van der Waals surface area contributed by atoms with Gasteiger partial charge in [-0.2, -0.15) is 0 Å². The van der Waals surface area contributed by atoms with E-state index in [1.54, 1.807) is 7.11 Å². The molecule has 3 nitrogen and oxygen atoms in total. The minimum Gasteiger partial charge on any atom is -0.384 e. The Hall–Kier alpha value is -0.120. The molecule has 1 heterocycles. The maximum Gasteiger partial charge on any atom is 0.0502 e. The molecule has 1 aliphatic heterocycles. The molecule has 0 aliphatic carbocycles. The second-order valence-corrected chi connectivity index (χ2v) is 5.39. The fourth-order valence-corrected chi connectivity index (χ4v) is 3.13. The molecule has 0 radical (unpaired) electrons. The first kappa shape index (κ1) is 14.9. The van der Waals surface area contributed by atoms with Crippen molar-refractivity contribution in [3.05, 3.63) is 0 Å². The molecule has 0 amide bonds. The molecule has 1 fully saturated rings. The van der Waals surface area contributed by atoms with Crippen LogP contribution < -0.4 is 5.73 Å². The van der Waals surface area contributed by atoms with E-state index in [0.29, 0.717) is 18.0 Å². The molecular weight excluding hydrogens is 212 g/mol. The summed E-state index contributed by atoms with van der Waals surface area (Å²) in [5, 5.41) is 0. The summed E-state index contributed by atoms with van der Waals surface area (Å²) in [6.45, 7) is 7.77. The Labute approximate surface area is 107 Å². The number of piperidine rings is 1. The summed E-state index contributed by atoms with van der Waals surface area (Å²) < 4.78 is 5.29. The van der Waals surface area contributed by atoms with E-state index in [4.69, 9.17) is 10.5 Å². The van der Waals surface area contributed by atoms with Gasteiger partial charge in [0.15, 0.2) is 0 Å². The lowest BCUT2D eigenvalue weighted by atomic mass is 9.93. The summed E-state index contributed by atoms with van der Waals surface area (Å²) >= 11 is 0. The maximum absolute atomic E-state index is 6.32. The average Bonchev–Trinajstić information content (AvgIpc) is 2.31. The molecule has 3 atom stereocenters. The van der Waals surface area contributed by atoms with Crippen molar-refractivity contribution < 1.29 is 4.74 Å². The Kier molecular flexibility index (Phi) is 7.09. The normalized spacial score (nSPS) is 25.8. The summed E-state index contributed by atoms with van der Waals surface area (Å²) in [7, 11) is 1.80. The van der Waals surface area contributed by atoms with E-state index in [1.165, 1.54) is 38.8 Å². The van der Waals surface area contributed by atoms with Crippen LogP contribution in [0.5, 0.6) is 0 Å². The summed E-state index contributed by atoms with van der Waals surface area (Å²) in [6.07, 6.45) is 6.10. The molecule has 0 bridgehead atoms. The van der Waals surface area contributed by atoms with Crippen LogP contribution in [0, 0.1) is 5.92 Å². The monoisotopic (exact) mass is 242 g/mol. The predicted molar refractivity (Wildman–Crippen MR) is 73.1 cm³/mol. The molecule has 0 spiro atoms. The predicted octanol–water partition coefficient (Wildman–Crippen LogP) is 2.25. The van der Waals surface area contributed by atoms with E-state index in [9.17, 15) is 0 Å². The van der Waals surface area contributed by atoms with Gasteiger partial charge in [-0.05, 0) is 38.1 Å². The van der Waals surface area contributed by atoms with E-state index >= 15 is 0 Å². The number of hydrogen-bond acceptors (Lipinski definition) is 3. The van der Waals surface area contributed by atoms with Gasteiger partial charge in [0.2, 0.25) is 0 Å². The fourth-order valence-electron chi connectivity index (χ4n) is 3.13. The first-order valence-corrected chi connectivity index (χ1v) is 7.21. The third-order valence-electron chi connectivity index (χ3n) is 3.96. The van der Waals surface area contributed by atoms with Crippen LogP contribution in [0.1, 0.15) is 46.0 Å². The fraction of sp³-hybridized carbons (Fsp3) is 1.00. The van der Waals surface area contributed by atoms with Crippen LogP contribution in [0.3, 0.4) is 0 Å². The lowest BCUT2D eigenvalue weighted by molar-refractivity contribution is 0.0582. The zero-order chi connectivity index (χ0) is 12.7. The van der Waals surface area contributed by atoms with Crippen molar-refractivity contribution in [2.75, 3.05) is 26.8 Å². The number of nitrogens with two attached hydrogens (primary N) is 1. The molecule has 0 aromatic rings. The second-order valence-electron chi connectivity index (χ2n) is 5.39. The maximum atomic E-state index is 6.32. The van der Waals surface area contributed by atoms with Crippen molar-refractivity contribution in [3.63, 3.8) is 0 Å². The van der Waals surface area contributed by atoms with Crippen LogP contribution in [0.4, 0.5) is 0 Å². The van der Waals surface area contributed by atoms with Crippen LogP contribution in [0.25, 0.3) is 0 Å². The van der Waals surface area contributed by atoms with Crippen LogP contribution in [0.15, 0.2) is 0 Å². The van der Waals surface area contributed by atoms with Crippen LogP contribution in [-0.4, -0.2) is 43.8 Å². The van der Waals surface area contributed by atoms with Crippen molar-refractivity contribution >= 4 is 0 Å². The first-order chi connectivity index (χ1) is 8.22. The molecule has 3 heteroatoms. The second kappa shape index (κ2) is 8.06. The van der Waals surface area contributed by atoms with Crippen LogP contribution in [-0.2, 0) is 4.74 Å². The van der Waals surface area contributed by atoms with E-state index in [0.717, 1.165) is 13.0 Å². The van der Waals surface area contributed by atoms with Crippen molar-refractivity contribution in [1.29, 1.82) is 0 Å². The average molecular weight is 242 g/mol. The summed E-state index contributed by atoms with van der Waals surface area (Å²) in [5.41, 5.74) is 6.32. The molecule has 17 heavy (non-hydrogen) atoms. The van der Waals surface area contributed by atoms with Gasteiger partial charge < -0.3 is 10.5 Å². The standard InChI is InChI=1S/C14H30N2O/c1-4-7-13(15)14(5-2)16-9-6-8-12(10-16)11-17-3/h12-14H,4-11,15H2,1-3H3. The summed E-state index contributed by atoms with van der Waals surface area (Å²) in [4.78, 5) is 2.60. The van der Waals surface area contributed by atoms with Gasteiger partial charge in [0.25, 0.3) is 0 Å². The Morgan fingerprint density at radius 1 is 1.41 bits per heavy atom. The summed E-state index contributed by atoms with van der Waals surface area (Å²) in [5.74, 6) is 0.705. The van der Waals surface area contributed by atoms with E-state index in [2.05, 4.69) is 18.7 Å². The number of nitrogens with zero attached hydrogens (tertiary/aromatic N) is 1. The molecule has 2 N–H and O–H groups in total. The third-order valence-corrected chi connectivity index (χ3v) is 3.96. The molecule has 102 valence electrons. The van der Waals surface area contributed by atoms with E-state index < -0.39 is 0 Å². The molecule has 0 aromatic carbocycles. The van der Waals surface area contributed by atoms with Gasteiger partial charge >= 0.3 is 0 Å². The number of hydrogen-bond donors (Lipinski definition) is 1. The minimum atomic E-state index is 0.339. The van der Waals surface area contributed by atoms with Gasteiger partial charge in [0.1, 0.15) is 0 Å². The molecule has 0 saturated carbocycles. The Morgan fingerprint density at radius 2 is 2.18 bits per heavy atom. The van der Waals surface area contributed by atoms with Gasteiger partial charge in [-0.1, -0.05) is 20.3 Å². The van der Waals surface area contributed by atoms with Gasteiger partial charge in [-0.3, -0.25) is 4.90 Å². The molecule has 1 saturated heterocycles. The van der Waals surface area contributed by atoms with Gasteiger partial charge in [0, 0.05) is 25.7 Å². The smallest absolute Gasteiger partial charge is 0.0502 e. The highest BCUT2D eigenvalue weighted by molar-refractivity contribution is 4.85. The van der Waals surface area contributed by atoms with Crippen LogP contribution in [0.2, 0.25) is 0 Å². The van der Waals surface area contributed by atoms with Gasteiger partial charge in [-0.15, -0.1) is 0 Å². The highest BCUT2D eigenvalue weighted by Crippen LogP contribution is 2.22. The highest BCUT2D eigenvalue weighted by Gasteiger charge is 2.27. The number of rotatable bonds is 7. The highest BCUT2D eigenvalue weighted by atomic mass is 16.5. The zero-order valence-electron chi connectivity index (χ0n) is 11.8. The Morgan fingerprint density at radius 3 is 2.76 bits per heavy atom. The van der Waals surface area contributed by atoms with Crippen molar-refractivity contribution in [3.8, 4) is 0 Å². The van der Waals surface area contributed by atoms with Gasteiger partial charge in [-0.25, -0.2) is 0 Å². The third kappa shape index (κ3) is 4.57. The summed E-state index contributed by atoms with van der Waals surface area (Å²) in [6, 6.07) is 0.904. The van der Waals surface area contributed by atoms with E-state index in [-0.39, 0.29) is 0 Å². The minimum absolute atomic E-state index is 0.339. The van der Waals surface area contributed by atoms with Crippen molar-refractivity contribution in [2.45, 2.75) is 58.0 Å². The molecular formula is C14H30N2O. The largest absolute Gasteiger partial charge is 0.384 e. The topological polar surface area (TPSA) is 38.5 Å². The SMILES string of the molecule is CCCC(N)C(CC)N1CCCC(COC)C1. The quantitative estimate of drug-likeness (QED) is 0.744. The van der Waals surface area contributed by atoms with Crippen molar-refractivity contribution in [1.82, 2.24) is 4.90 Å². The number of ether oxygens (including phenoxy) is 1. The Bertz CT molecular complexity index is 197. The van der Waals surface area contributed by atoms with Gasteiger partial charge in [0.05, 0.1) is 6.61 Å². The zero-order valence-corrected chi connectivity index (χ0v) is 11.8. The first-order valence-electron chi connectivity index (χ1n) is 7.21. The number of methoxy groups -OCH3 is 1. The lowest BCUT2D eigenvalue weighted by Crippen LogP contribution is -2.51. The molecule has 1 aliphatic rings. The van der Waals surface area contributed by atoms with Crippen LogP contribution >= 0.6 is 0 Å². The van der Waals surface area contributed by atoms with Crippen molar-refractivity contribution in [2.24, 2.45) is 11.7 Å². The lowest BCUT2D eigenvalue weighted by Gasteiger charge is -2.40. The molecule has 3 unspecified atom stereocenters. The van der Waals surface area contributed by atoms with E-state index in [1.807, 2.05) is 0 Å².